The fraction of sp³-hybridized carbons (Fsp3) is 0.524. The van der Waals surface area contributed by atoms with Gasteiger partial charge in [0.25, 0.3) is 11.8 Å². The normalized spacial score (nSPS) is 18.5. The maximum atomic E-state index is 13.1. The lowest BCUT2D eigenvalue weighted by atomic mass is 9.98. The van der Waals surface area contributed by atoms with Crippen LogP contribution in [0, 0.1) is 13.8 Å². The first-order chi connectivity index (χ1) is 12.0. The van der Waals surface area contributed by atoms with Gasteiger partial charge in [0, 0.05) is 19.6 Å². The molecule has 1 fully saturated rings. The molecule has 2 heterocycles. The van der Waals surface area contributed by atoms with Gasteiger partial charge in [0.1, 0.15) is 5.70 Å². The van der Waals surface area contributed by atoms with Crippen molar-refractivity contribution in [3.8, 4) is 0 Å². The molecule has 3 rings (SSSR count). The maximum Gasteiger partial charge on any atom is 0.277 e. The van der Waals surface area contributed by atoms with Crippen molar-refractivity contribution in [1.29, 1.82) is 0 Å². The van der Waals surface area contributed by atoms with E-state index in [2.05, 4.69) is 25.7 Å². The molecule has 25 heavy (non-hydrogen) atoms. The van der Waals surface area contributed by atoms with Crippen LogP contribution < -0.4 is 0 Å². The quantitative estimate of drug-likeness (QED) is 0.768. The Labute approximate surface area is 150 Å². The largest absolute Gasteiger partial charge is 0.366 e. The highest BCUT2D eigenvalue weighted by molar-refractivity contribution is 6.35. The molecule has 134 valence electrons. The number of nitrogens with zero attached hydrogens (tertiary/aromatic N) is 2. The Morgan fingerprint density at radius 1 is 0.960 bits per heavy atom. The van der Waals surface area contributed by atoms with E-state index >= 15 is 0 Å². The topological polar surface area (TPSA) is 40.6 Å². The first-order valence-electron chi connectivity index (χ1n) is 9.47. The summed E-state index contributed by atoms with van der Waals surface area (Å²) in [6, 6.07) is 6.07. The first-order valence-corrected chi connectivity index (χ1v) is 9.47. The molecule has 0 unspecified atom stereocenters. The molecule has 1 aromatic rings. The Morgan fingerprint density at radius 2 is 1.68 bits per heavy atom. The fourth-order valence-electron chi connectivity index (χ4n) is 3.65. The number of unbranched alkanes of at least 4 members (excludes halogenated alkanes) is 1. The van der Waals surface area contributed by atoms with Crippen molar-refractivity contribution in [2.24, 2.45) is 0 Å². The lowest BCUT2D eigenvalue weighted by molar-refractivity contribution is -0.137. The summed E-state index contributed by atoms with van der Waals surface area (Å²) in [6.45, 7) is 8.44. The average molecular weight is 340 g/mol. The number of hydrogen-bond acceptors (Lipinski definition) is 3. The van der Waals surface area contributed by atoms with Crippen molar-refractivity contribution in [2.45, 2.75) is 52.9 Å². The number of rotatable bonds is 5. The predicted octanol–water partition coefficient (Wildman–Crippen LogP) is 3.67. The number of carbonyl (C=O) groups is 2. The van der Waals surface area contributed by atoms with Gasteiger partial charge in [-0.2, -0.15) is 0 Å². The molecule has 1 saturated heterocycles. The number of benzene rings is 1. The number of aryl methyl sites for hydroxylation is 2. The van der Waals surface area contributed by atoms with Crippen LogP contribution in [0.5, 0.6) is 0 Å². The smallest absolute Gasteiger partial charge is 0.277 e. The minimum absolute atomic E-state index is 0.103. The van der Waals surface area contributed by atoms with Crippen LogP contribution in [0.15, 0.2) is 23.9 Å². The van der Waals surface area contributed by atoms with Crippen LogP contribution in [0.3, 0.4) is 0 Å². The zero-order valence-corrected chi connectivity index (χ0v) is 15.6. The second-order valence-electron chi connectivity index (χ2n) is 7.19. The van der Waals surface area contributed by atoms with Gasteiger partial charge in [-0.1, -0.05) is 31.5 Å². The van der Waals surface area contributed by atoms with Gasteiger partial charge in [0.05, 0.1) is 5.57 Å². The Hall–Kier alpha value is -2.10. The molecule has 0 spiro atoms. The Kier molecular flexibility index (Phi) is 5.26. The Bertz CT molecular complexity index is 715. The molecule has 0 saturated carbocycles. The second-order valence-corrected chi connectivity index (χ2v) is 7.19. The van der Waals surface area contributed by atoms with Crippen molar-refractivity contribution in [3.63, 3.8) is 0 Å². The number of hydrogen-bond donors (Lipinski definition) is 0. The van der Waals surface area contributed by atoms with E-state index in [9.17, 15) is 9.59 Å². The molecule has 2 aliphatic rings. The third-order valence-corrected chi connectivity index (χ3v) is 5.35. The van der Waals surface area contributed by atoms with Gasteiger partial charge < -0.3 is 4.90 Å². The van der Waals surface area contributed by atoms with Gasteiger partial charge in [0.15, 0.2) is 0 Å². The number of likely N-dealkylation sites (tertiary alicyclic amines) is 1. The van der Waals surface area contributed by atoms with Crippen molar-refractivity contribution >= 4 is 17.4 Å². The third kappa shape index (κ3) is 3.35. The molecule has 0 bridgehead atoms. The summed E-state index contributed by atoms with van der Waals surface area (Å²) in [5.41, 5.74) is 4.45. The van der Waals surface area contributed by atoms with E-state index in [0.717, 1.165) is 49.9 Å². The number of imide groups is 1. The summed E-state index contributed by atoms with van der Waals surface area (Å²) in [6.07, 6.45) is 5.19. The van der Waals surface area contributed by atoms with Crippen LogP contribution in [0.25, 0.3) is 5.57 Å². The minimum atomic E-state index is -0.123. The highest BCUT2D eigenvalue weighted by atomic mass is 16.2. The van der Waals surface area contributed by atoms with Crippen molar-refractivity contribution in [3.05, 3.63) is 40.6 Å². The van der Waals surface area contributed by atoms with E-state index in [4.69, 9.17) is 0 Å². The van der Waals surface area contributed by atoms with Gasteiger partial charge in [-0.05, 0) is 56.2 Å². The van der Waals surface area contributed by atoms with E-state index in [0.29, 0.717) is 17.8 Å². The van der Waals surface area contributed by atoms with Gasteiger partial charge in [-0.25, -0.2) is 0 Å². The average Bonchev–Trinajstić information content (AvgIpc) is 2.87. The number of carbonyl (C=O) groups excluding carboxylic acids is 2. The minimum Gasteiger partial charge on any atom is -0.366 e. The fourth-order valence-corrected chi connectivity index (χ4v) is 3.65. The molecular formula is C21H28N2O2. The molecule has 1 aromatic carbocycles. The Morgan fingerprint density at radius 3 is 2.32 bits per heavy atom. The molecule has 0 aliphatic carbocycles. The zero-order chi connectivity index (χ0) is 18.0. The predicted molar refractivity (Wildman–Crippen MR) is 99.9 cm³/mol. The first kappa shape index (κ1) is 17.7. The SMILES string of the molecule is CCCCN1C(=O)C(c2ccc(C)c(C)c2)=C(N2CCCCC2)C1=O. The summed E-state index contributed by atoms with van der Waals surface area (Å²) in [4.78, 5) is 29.7. The number of amides is 2. The van der Waals surface area contributed by atoms with Crippen LogP contribution in [-0.2, 0) is 9.59 Å². The summed E-state index contributed by atoms with van der Waals surface area (Å²) in [5.74, 6) is -0.226. The lowest BCUT2D eigenvalue weighted by Crippen LogP contribution is -2.37. The standard InChI is InChI=1S/C21H28N2O2/c1-4-5-13-23-20(24)18(17-10-9-15(2)16(3)14-17)19(21(23)25)22-11-7-6-8-12-22/h9-10,14H,4-8,11-13H2,1-3H3. The highest BCUT2D eigenvalue weighted by Crippen LogP contribution is 2.33. The zero-order valence-electron chi connectivity index (χ0n) is 15.6. The van der Waals surface area contributed by atoms with Crippen molar-refractivity contribution in [1.82, 2.24) is 9.80 Å². The molecule has 0 atom stereocenters. The molecule has 4 nitrogen and oxygen atoms in total. The van der Waals surface area contributed by atoms with Crippen LogP contribution in [0.4, 0.5) is 0 Å². The van der Waals surface area contributed by atoms with E-state index in [1.807, 2.05) is 18.2 Å². The van der Waals surface area contributed by atoms with Crippen molar-refractivity contribution in [2.75, 3.05) is 19.6 Å². The summed E-state index contributed by atoms with van der Waals surface area (Å²) in [5, 5.41) is 0. The van der Waals surface area contributed by atoms with Gasteiger partial charge >= 0.3 is 0 Å². The summed E-state index contributed by atoms with van der Waals surface area (Å²) < 4.78 is 0. The molecule has 2 aliphatic heterocycles. The highest BCUT2D eigenvalue weighted by Gasteiger charge is 2.41. The molecule has 0 radical (unpaired) electrons. The van der Waals surface area contributed by atoms with Gasteiger partial charge in [-0.15, -0.1) is 0 Å². The molecule has 2 amide bonds. The Balaban J connectivity index is 2.05. The third-order valence-electron chi connectivity index (χ3n) is 5.35. The molecular weight excluding hydrogens is 312 g/mol. The van der Waals surface area contributed by atoms with E-state index in [1.165, 1.54) is 16.9 Å². The van der Waals surface area contributed by atoms with Gasteiger partial charge in [-0.3, -0.25) is 14.5 Å². The second kappa shape index (κ2) is 7.42. The molecule has 4 heteroatoms. The maximum absolute atomic E-state index is 13.1. The summed E-state index contributed by atoms with van der Waals surface area (Å²) in [7, 11) is 0. The summed E-state index contributed by atoms with van der Waals surface area (Å²) >= 11 is 0. The molecule has 0 aromatic heterocycles. The van der Waals surface area contributed by atoms with E-state index in [1.54, 1.807) is 0 Å². The van der Waals surface area contributed by atoms with E-state index < -0.39 is 0 Å². The van der Waals surface area contributed by atoms with Crippen LogP contribution in [-0.4, -0.2) is 41.2 Å². The molecule has 0 N–H and O–H groups in total. The monoisotopic (exact) mass is 340 g/mol. The lowest BCUT2D eigenvalue weighted by Gasteiger charge is -2.29. The van der Waals surface area contributed by atoms with Crippen LogP contribution in [0.1, 0.15) is 55.7 Å². The van der Waals surface area contributed by atoms with E-state index in [-0.39, 0.29) is 11.8 Å². The van der Waals surface area contributed by atoms with Crippen LogP contribution in [0.2, 0.25) is 0 Å². The van der Waals surface area contributed by atoms with Gasteiger partial charge in [0.2, 0.25) is 0 Å². The number of piperidine rings is 1. The van der Waals surface area contributed by atoms with Crippen molar-refractivity contribution < 1.29 is 9.59 Å². The van der Waals surface area contributed by atoms with Crippen LogP contribution >= 0.6 is 0 Å².